The van der Waals surface area contributed by atoms with E-state index in [1.54, 1.807) is 0 Å². The van der Waals surface area contributed by atoms with E-state index < -0.39 is 16.9 Å². The van der Waals surface area contributed by atoms with Crippen molar-refractivity contribution in [1.82, 2.24) is 0 Å². The summed E-state index contributed by atoms with van der Waals surface area (Å²) in [5.74, 6) is 0. The highest BCUT2D eigenvalue weighted by Crippen LogP contribution is 2.27. The molecular formula is C10H11ClF2N2O2. The molecule has 0 aliphatic heterocycles. The van der Waals surface area contributed by atoms with Gasteiger partial charge in [0.25, 0.3) is 12.1 Å². The molecular weight excluding hydrogens is 254 g/mol. The Kier molecular flexibility index (Phi) is 4.00. The van der Waals surface area contributed by atoms with Crippen molar-refractivity contribution >= 4 is 17.3 Å². The van der Waals surface area contributed by atoms with Gasteiger partial charge in [-0.2, -0.15) is 0 Å². The summed E-state index contributed by atoms with van der Waals surface area (Å²) in [4.78, 5) is 10.1. The molecule has 2 N–H and O–H groups in total. The quantitative estimate of drug-likeness (QED) is 0.671. The standard InChI is InChI=1S/C10H11ClF2N2O2/c1-10(14,9(12)13)5-6-4-7(11)2-3-8(6)15(16)17/h2-4,9H,5,14H2,1H3. The van der Waals surface area contributed by atoms with Crippen LogP contribution in [-0.4, -0.2) is 16.9 Å². The van der Waals surface area contributed by atoms with Gasteiger partial charge in [0.15, 0.2) is 0 Å². The molecule has 4 nitrogen and oxygen atoms in total. The molecule has 1 unspecified atom stereocenters. The molecule has 0 radical (unpaired) electrons. The van der Waals surface area contributed by atoms with Crippen LogP contribution in [0.5, 0.6) is 0 Å². The highest BCUT2D eigenvalue weighted by Gasteiger charge is 2.33. The smallest absolute Gasteiger partial charge is 0.272 e. The first-order valence-corrected chi connectivity index (χ1v) is 5.11. The summed E-state index contributed by atoms with van der Waals surface area (Å²) in [7, 11) is 0. The molecule has 94 valence electrons. The fourth-order valence-corrected chi connectivity index (χ4v) is 1.56. The molecule has 1 atom stereocenters. The van der Waals surface area contributed by atoms with E-state index in [2.05, 4.69) is 0 Å². The monoisotopic (exact) mass is 264 g/mol. The molecule has 7 heteroatoms. The summed E-state index contributed by atoms with van der Waals surface area (Å²) in [6.45, 7) is 1.14. The highest BCUT2D eigenvalue weighted by atomic mass is 35.5. The molecule has 0 fully saturated rings. The maximum atomic E-state index is 12.6. The molecule has 0 saturated carbocycles. The van der Waals surface area contributed by atoms with Gasteiger partial charge in [0.05, 0.1) is 10.5 Å². The molecule has 0 bridgehead atoms. The van der Waals surface area contributed by atoms with Crippen LogP contribution >= 0.6 is 11.6 Å². The van der Waals surface area contributed by atoms with Crippen LogP contribution in [0.4, 0.5) is 14.5 Å². The minimum Gasteiger partial charge on any atom is -0.320 e. The van der Waals surface area contributed by atoms with Gasteiger partial charge >= 0.3 is 0 Å². The number of alkyl halides is 2. The minimum absolute atomic E-state index is 0.104. The fraction of sp³-hybridized carbons (Fsp3) is 0.400. The van der Waals surface area contributed by atoms with Gasteiger partial charge < -0.3 is 5.73 Å². The van der Waals surface area contributed by atoms with Crippen LogP contribution in [0, 0.1) is 10.1 Å². The van der Waals surface area contributed by atoms with Crippen LogP contribution in [0.1, 0.15) is 12.5 Å². The van der Waals surface area contributed by atoms with Crippen molar-refractivity contribution in [3.05, 3.63) is 38.9 Å². The highest BCUT2D eigenvalue weighted by molar-refractivity contribution is 6.30. The van der Waals surface area contributed by atoms with E-state index in [0.717, 1.165) is 6.92 Å². The van der Waals surface area contributed by atoms with Crippen molar-refractivity contribution in [2.24, 2.45) is 5.73 Å². The van der Waals surface area contributed by atoms with E-state index in [0.29, 0.717) is 0 Å². The topological polar surface area (TPSA) is 69.2 Å². The predicted octanol–water partition coefficient (Wildman–Crippen LogP) is 2.77. The summed E-state index contributed by atoms with van der Waals surface area (Å²) in [5.41, 5.74) is 3.42. The van der Waals surface area contributed by atoms with Crippen molar-refractivity contribution in [3.8, 4) is 0 Å². The molecule has 0 heterocycles. The second kappa shape index (κ2) is 4.93. The zero-order valence-electron chi connectivity index (χ0n) is 8.99. The molecule has 0 aliphatic rings. The normalized spacial score (nSPS) is 14.7. The second-order valence-corrected chi connectivity index (χ2v) is 4.45. The maximum absolute atomic E-state index is 12.6. The van der Waals surface area contributed by atoms with Gasteiger partial charge in [-0.15, -0.1) is 0 Å². The first-order chi connectivity index (χ1) is 7.74. The third-order valence-corrected chi connectivity index (χ3v) is 2.54. The Morgan fingerprint density at radius 2 is 2.18 bits per heavy atom. The molecule has 1 aromatic carbocycles. The molecule has 0 saturated heterocycles. The average Bonchev–Trinajstić information content (AvgIpc) is 2.15. The SMILES string of the molecule is CC(N)(Cc1cc(Cl)ccc1[N+](=O)[O-])C(F)F. The summed E-state index contributed by atoms with van der Waals surface area (Å²) >= 11 is 5.68. The van der Waals surface area contributed by atoms with E-state index >= 15 is 0 Å². The third-order valence-electron chi connectivity index (χ3n) is 2.31. The van der Waals surface area contributed by atoms with Crippen molar-refractivity contribution in [1.29, 1.82) is 0 Å². The van der Waals surface area contributed by atoms with Gasteiger partial charge in [0.2, 0.25) is 0 Å². The van der Waals surface area contributed by atoms with E-state index in [-0.39, 0.29) is 22.7 Å². The van der Waals surface area contributed by atoms with Crippen molar-refractivity contribution in [2.45, 2.75) is 25.3 Å². The molecule has 0 spiro atoms. The predicted molar refractivity (Wildman–Crippen MR) is 60.4 cm³/mol. The van der Waals surface area contributed by atoms with Gasteiger partial charge in [-0.25, -0.2) is 8.78 Å². The van der Waals surface area contributed by atoms with E-state index in [1.807, 2.05) is 0 Å². The van der Waals surface area contributed by atoms with E-state index in [9.17, 15) is 18.9 Å². The van der Waals surface area contributed by atoms with Crippen molar-refractivity contribution in [2.75, 3.05) is 0 Å². The average molecular weight is 265 g/mol. The van der Waals surface area contributed by atoms with E-state index in [4.69, 9.17) is 17.3 Å². The van der Waals surface area contributed by atoms with Crippen LogP contribution in [0.2, 0.25) is 5.02 Å². The second-order valence-electron chi connectivity index (χ2n) is 4.01. The zero-order valence-corrected chi connectivity index (χ0v) is 9.75. The summed E-state index contributed by atoms with van der Waals surface area (Å²) < 4.78 is 25.2. The Bertz CT molecular complexity index is 438. The molecule has 1 rings (SSSR count). The minimum atomic E-state index is -2.78. The summed E-state index contributed by atoms with van der Waals surface area (Å²) in [6, 6.07) is 3.80. The number of nitro groups is 1. The number of benzene rings is 1. The lowest BCUT2D eigenvalue weighted by Gasteiger charge is -2.23. The molecule has 0 aromatic heterocycles. The fourth-order valence-electron chi connectivity index (χ4n) is 1.36. The molecule has 0 amide bonds. The van der Waals surface area contributed by atoms with Crippen LogP contribution in [-0.2, 0) is 6.42 Å². The lowest BCUT2D eigenvalue weighted by molar-refractivity contribution is -0.385. The van der Waals surface area contributed by atoms with Gasteiger partial charge in [0, 0.05) is 23.1 Å². The number of nitrogens with two attached hydrogens (primary N) is 1. The number of rotatable bonds is 4. The lowest BCUT2D eigenvalue weighted by atomic mass is 9.93. The van der Waals surface area contributed by atoms with Crippen LogP contribution < -0.4 is 5.73 Å². The Labute approximate surface area is 102 Å². The summed E-state index contributed by atoms with van der Waals surface area (Å²) in [6.07, 6.45) is -3.09. The van der Waals surface area contributed by atoms with Crippen LogP contribution in [0.3, 0.4) is 0 Å². The van der Waals surface area contributed by atoms with E-state index in [1.165, 1.54) is 18.2 Å². The zero-order chi connectivity index (χ0) is 13.2. The van der Waals surface area contributed by atoms with Gasteiger partial charge in [-0.3, -0.25) is 10.1 Å². The van der Waals surface area contributed by atoms with Crippen molar-refractivity contribution < 1.29 is 13.7 Å². The maximum Gasteiger partial charge on any atom is 0.272 e. The third kappa shape index (κ3) is 3.34. The summed E-state index contributed by atoms with van der Waals surface area (Å²) in [5, 5.41) is 11.0. The Hall–Kier alpha value is -1.27. The van der Waals surface area contributed by atoms with Crippen molar-refractivity contribution in [3.63, 3.8) is 0 Å². The lowest BCUT2D eigenvalue weighted by Crippen LogP contribution is -2.45. The first-order valence-electron chi connectivity index (χ1n) is 4.74. The Morgan fingerprint density at radius 3 is 2.65 bits per heavy atom. The Morgan fingerprint density at radius 1 is 1.59 bits per heavy atom. The Balaban J connectivity index is 3.13. The number of hydrogen-bond donors (Lipinski definition) is 1. The number of nitro benzene ring substituents is 1. The molecule has 17 heavy (non-hydrogen) atoms. The van der Waals surface area contributed by atoms with Gasteiger partial charge in [-0.1, -0.05) is 11.6 Å². The largest absolute Gasteiger partial charge is 0.320 e. The number of hydrogen-bond acceptors (Lipinski definition) is 3. The van der Waals surface area contributed by atoms with Crippen LogP contribution in [0.15, 0.2) is 18.2 Å². The first kappa shape index (κ1) is 13.8. The van der Waals surface area contributed by atoms with Gasteiger partial charge in [0.1, 0.15) is 0 Å². The number of halogens is 3. The molecule has 0 aliphatic carbocycles. The molecule has 1 aromatic rings. The van der Waals surface area contributed by atoms with Gasteiger partial charge in [-0.05, 0) is 19.1 Å². The van der Waals surface area contributed by atoms with Crippen LogP contribution in [0.25, 0.3) is 0 Å². The number of nitrogens with zero attached hydrogens (tertiary/aromatic N) is 1.